The molecule has 0 atom stereocenters. The Morgan fingerprint density at radius 2 is 1.86 bits per heavy atom. The number of anilines is 1. The van der Waals surface area contributed by atoms with Crippen molar-refractivity contribution in [2.75, 3.05) is 18.4 Å². The summed E-state index contributed by atoms with van der Waals surface area (Å²) in [5.74, 6) is 0.483. The van der Waals surface area contributed by atoms with Gasteiger partial charge >= 0.3 is 0 Å². The van der Waals surface area contributed by atoms with Crippen LogP contribution in [0.4, 0.5) is 5.69 Å². The van der Waals surface area contributed by atoms with Gasteiger partial charge in [-0.3, -0.25) is 4.79 Å². The van der Waals surface area contributed by atoms with Crippen molar-refractivity contribution in [3.05, 3.63) is 72.1 Å². The summed E-state index contributed by atoms with van der Waals surface area (Å²) >= 11 is 0. The predicted molar refractivity (Wildman–Crippen MR) is 106 cm³/mol. The van der Waals surface area contributed by atoms with Gasteiger partial charge < -0.3 is 15.4 Å². The lowest BCUT2D eigenvalue weighted by molar-refractivity contribution is 0.102. The molecule has 1 aromatic heterocycles. The molecule has 2 aromatic carbocycles. The Labute approximate surface area is 163 Å². The highest BCUT2D eigenvalue weighted by atomic mass is 16.5. The van der Waals surface area contributed by atoms with E-state index in [4.69, 9.17) is 4.74 Å². The SMILES string of the molecule is O=C(Nc1ccc(OCc2ccccc2)cc1)c1cn(C2CCNCC2)nn1. The first kappa shape index (κ1) is 18.2. The summed E-state index contributed by atoms with van der Waals surface area (Å²) in [5.41, 5.74) is 2.12. The van der Waals surface area contributed by atoms with Crippen LogP contribution in [-0.2, 0) is 6.61 Å². The van der Waals surface area contributed by atoms with Crippen LogP contribution >= 0.6 is 0 Å². The molecule has 2 N–H and O–H groups in total. The Morgan fingerprint density at radius 3 is 2.61 bits per heavy atom. The molecule has 1 aliphatic rings. The number of amides is 1. The van der Waals surface area contributed by atoms with Crippen molar-refractivity contribution in [3.63, 3.8) is 0 Å². The fraction of sp³-hybridized carbons (Fsp3) is 0.286. The monoisotopic (exact) mass is 377 g/mol. The molecule has 0 aliphatic carbocycles. The van der Waals surface area contributed by atoms with E-state index < -0.39 is 0 Å². The normalized spacial score (nSPS) is 14.6. The Balaban J connectivity index is 1.32. The first-order valence-corrected chi connectivity index (χ1v) is 9.48. The van der Waals surface area contributed by atoms with Gasteiger partial charge in [0.25, 0.3) is 5.91 Å². The molecule has 1 fully saturated rings. The van der Waals surface area contributed by atoms with E-state index in [-0.39, 0.29) is 5.91 Å². The summed E-state index contributed by atoms with van der Waals surface area (Å²) in [6.07, 6.45) is 3.71. The van der Waals surface area contributed by atoms with Gasteiger partial charge in [0.05, 0.1) is 12.2 Å². The van der Waals surface area contributed by atoms with E-state index in [9.17, 15) is 4.79 Å². The molecular formula is C21H23N5O2. The molecular weight excluding hydrogens is 354 g/mol. The van der Waals surface area contributed by atoms with Gasteiger partial charge in [-0.25, -0.2) is 4.68 Å². The van der Waals surface area contributed by atoms with Crippen molar-refractivity contribution >= 4 is 11.6 Å². The number of aromatic nitrogens is 3. The molecule has 7 nitrogen and oxygen atoms in total. The zero-order valence-corrected chi connectivity index (χ0v) is 15.5. The number of ether oxygens (including phenoxy) is 1. The smallest absolute Gasteiger partial charge is 0.277 e. The molecule has 4 rings (SSSR count). The average molecular weight is 377 g/mol. The summed E-state index contributed by atoms with van der Waals surface area (Å²) in [5, 5.41) is 14.3. The van der Waals surface area contributed by atoms with Crippen molar-refractivity contribution in [3.8, 4) is 5.75 Å². The molecule has 0 radical (unpaired) electrons. The van der Waals surface area contributed by atoms with Gasteiger partial charge in [0, 0.05) is 5.69 Å². The molecule has 3 aromatic rings. The standard InChI is InChI=1S/C21H23N5O2/c27-21(20-14-26(25-24-20)18-10-12-22-13-11-18)23-17-6-8-19(9-7-17)28-15-16-4-2-1-3-5-16/h1-9,14,18,22H,10-13,15H2,(H,23,27). The molecule has 0 saturated carbocycles. The van der Waals surface area contributed by atoms with Crippen molar-refractivity contribution in [2.45, 2.75) is 25.5 Å². The Hall–Kier alpha value is -3.19. The minimum Gasteiger partial charge on any atom is -0.489 e. The third-order valence-corrected chi connectivity index (χ3v) is 4.79. The van der Waals surface area contributed by atoms with Crippen LogP contribution in [0.2, 0.25) is 0 Å². The summed E-state index contributed by atoms with van der Waals surface area (Å²) in [6, 6.07) is 17.6. The van der Waals surface area contributed by atoms with Crippen LogP contribution in [0, 0.1) is 0 Å². The second-order valence-corrected chi connectivity index (χ2v) is 6.82. The number of carbonyl (C=O) groups excluding carboxylic acids is 1. The fourth-order valence-corrected chi connectivity index (χ4v) is 3.20. The number of benzene rings is 2. The van der Waals surface area contributed by atoms with Crippen LogP contribution in [0.3, 0.4) is 0 Å². The maximum Gasteiger partial charge on any atom is 0.277 e. The first-order chi connectivity index (χ1) is 13.8. The van der Waals surface area contributed by atoms with Gasteiger partial charge in [-0.15, -0.1) is 5.10 Å². The zero-order valence-electron chi connectivity index (χ0n) is 15.5. The third-order valence-electron chi connectivity index (χ3n) is 4.79. The summed E-state index contributed by atoms with van der Waals surface area (Å²) in [4.78, 5) is 12.4. The van der Waals surface area contributed by atoms with Crippen molar-refractivity contribution in [2.24, 2.45) is 0 Å². The van der Waals surface area contributed by atoms with E-state index in [0.29, 0.717) is 24.0 Å². The molecule has 1 amide bonds. The van der Waals surface area contributed by atoms with Crippen LogP contribution < -0.4 is 15.4 Å². The Bertz CT molecular complexity index is 902. The van der Waals surface area contributed by atoms with Gasteiger partial charge in [-0.2, -0.15) is 0 Å². The topological polar surface area (TPSA) is 81.1 Å². The largest absolute Gasteiger partial charge is 0.489 e. The number of nitrogens with zero attached hydrogens (tertiary/aromatic N) is 3. The minimum atomic E-state index is -0.266. The average Bonchev–Trinajstić information content (AvgIpc) is 3.25. The van der Waals surface area contributed by atoms with E-state index in [1.54, 1.807) is 10.9 Å². The van der Waals surface area contributed by atoms with Crippen LogP contribution in [0.1, 0.15) is 34.9 Å². The first-order valence-electron chi connectivity index (χ1n) is 9.48. The third kappa shape index (κ3) is 4.55. The Morgan fingerprint density at radius 1 is 1.11 bits per heavy atom. The van der Waals surface area contributed by atoms with Crippen LogP contribution in [0.5, 0.6) is 5.75 Å². The van der Waals surface area contributed by atoms with E-state index >= 15 is 0 Å². The number of hydrogen-bond donors (Lipinski definition) is 2. The summed E-state index contributed by atoms with van der Waals surface area (Å²) in [6.45, 7) is 2.43. The quantitative estimate of drug-likeness (QED) is 0.690. The number of piperidine rings is 1. The maximum atomic E-state index is 12.4. The summed E-state index contributed by atoms with van der Waals surface area (Å²) < 4.78 is 7.57. The number of carbonyl (C=O) groups is 1. The van der Waals surface area contributed by atoms with Gasteiger partial charge in [0.1, 0.15) is 12.4 Å². The minimum absolute atomic E-state index is 0.266. The molecule has 1 aliphatic heterocycles. The molecule has 0 unspecified atom stereocenters. The predicted octanol–water partition coefficient (Wildman–Crippen LogP) is 3.03. The van der Waals surface area contributed by atoms with E-state index in [1.165, 1.54) is 0 Å². The molecule has 1 saturated heterocycles. The fourth-order valence-electron chi connectivity index (χ4n) is 3.20. The second-order valence-electron chi connectivity index (χ2n) is 6.82. The lowest BCUT2D eigenvalue weighted by Gasteiger charge is -2.22. The molecule has 7 heteroatoms. The zero-order chi connectivity index (χ0) is 19.2. The molecule has 28 heavy (non-hydrogen) atoms. The second kappa shape index (κ2) is 8.67. The van der Waals surface area contributed by atoms with Gasteiger partial charge in [-0.1, -0.05) is 35.5 Å². The van der Waals surface area contributed by atoms with Crippen LogP contribution in [0.25, 0.3) is 0 Å². The van der Waals surface area contributed by atoms with Gasteiger partial charge in [0.2, 0.25) is 0 Å². The highest BCUT2D eigenvalue weighted by molar-refractivity contribution is 6.02. The summed E-state index contributed by atoms with van der Waals surface area (Å²) in [7, 11) is 0. The number of rotatable bonds is 6. The number of hydrogen-bond acceptors (Lipinski definition) is 5. The van der Waals surface area contributed by atoms with E-state index in [0.717, 1.165) is 37.2 Å². The van der Waals surface area contributed by atoms with E-state index in [1.807, 2.05) is 54.6 Å². The molecule has 2 heterocycles. The van der Waals surface area contributed by atoms with Crippen LogP contribution in [-0.4, -0.2) is 34.0 Å². The van der Waals surface area contributed by atoms with Gasteiger partial charge in [0.15, 0.2) is 5.69 Å². The lowest BCUT2D eigenvalue weighted by Crippen LogP contribution is -2.29. The van der Waals surface area contributed by atoms with Crippen molar-refractivity contribution in [1.29, 1.82) is 0 Å². The highest BCUT2D eigenvalue weighted by Crippen LogP contribution is 2.19. The molecule has 0 bridgehead atoms. The van der Waals surface area contributed by atoms with Crippen LogP contribution in [0.15, 0.2) is 60.8 Å². The maximum absolute atomic E-state index is 12.4. The molecule has 144 valence electrons. The molecule has 0 spiro atoms. The Kier molecular flexibility index (Phi) is 5.63. The van der Waals surface area contributed by atoms with Crippen molar-refractivity contribution < 1.29 is 9.53 Å². The highest BCUT2D eigenvalue weighted by Gasteiger charge is 2.18. The van der Waals surface area contributed by atoms with Crippen molar-refractivity contribution in [1.82, 2.24) is 20.3 Å². The van der Waals surface area contributed by atoms with Gasteiger partial charge in [-0.05, 0) is 55.8 Å². The van der Waals surface area contributed by atoms with E-state index in [2.05, 4.69) is 20.9 Å². The number of nitrogens with one attached hydrogen (secondary N) is 2. The lowest BCUT2D eigenvalue weighted by atomic mass is 10.1.